The van der Waals surface area contributed by atoms with Crippen LogP contribution in [0.2, 0.25) is 0 Å². The van der Waals surface area contributed by atoms with Crippen LogP contribution in [0.5, 0.6) is 0 Å². The molecule has 7 heteroatoms. The fraction of sp³-hybridized carbons (Fsp3) is 0.286. The van der Waals surface area contributed by atoms with E-state index in [2.05, 4.69) is 0 Å². The Bertz CT molecular complexity index is 915. The van der Waals surface area contributed by atoms with Gasteiger partial charge in [0, 0.05) is 20.0 Å². The maximum atomic E-state index is 14.0. The van der Waals surface area contributed by atoms with Gasteiger partial charge in [-0.2, -0.15) is 0 Å². The number of nitrogens with zero attached hydrogens (tertiary/aromatic N) is 2. The molecule has 0 aliphatic carbocycles. The first-order chi connectivity index (χ1) is 13.4. The number of likely N-dealkylation sites (N-methyl/N-ethyl adjacent to an activating group) is 1. The smallest absolute Gasteiger partial charge is 0.335 e. The lowest BCUT2D eigenvalue weighted by Gasteiger charge is -2.24. The molecular formula is C21H21FN2O4. The van der Waals surface area contributed by atoms with Crippen molar-refractivity contribution in [2.24, 2.45) is 0 Å². The van der Waals surface area contributed by atoms with E-state index >= 15 is 0 Å². The summed E-state index contributed by atoms with van der Waals surface area (Å²) in [6, 6.07) is 11.9. The Balaban J connectivity index is 1.65. The summed E-state index contributed by atoms with van der Waals surface area (Å²) in [5.74, 6) is -2.08. The molecule has 1 aliphatic rings. The molecule has 2 aromatic rings. The van der Waals surface area contributed by atoms with E-state index in [1.807, 2.05) is 0 Å². The van der Waals surface area contributed by atoms with Gasteiger partial charge >= 0.3 is 5.97 Å². The second kappa shape index (κ2) is 8.21. The number of hydrogen-bond donors (Lipinski definition) is 1. The SMILES string of the molecule is CN(C(=O)CCc1ccccc1C(=O)O)C1CCN(c2ccccc2F)C1=O. The second-order valence-electron chi connectivity index (χ2n) is 6.71. The zero-order valence-corrected chi connectivity index (χ0v) is 15.5. The molecule has 0 aromatic heterocycles. The third kappa shape index (κ3) is 3.88. The van der Waals surface area contributed by atoms with Gasteiger partial charge in [0.2, 0.25) is 11.8 Å². The lowest BCUT2D eigenvalue weighted by molar-refractivity contribution is -0.136. The minimum Gasteiger partial charge on any atom is -0.478 e. The van der Waals surface area contributed by atoms with Crippen molar-refractivity contribution < 1.29 is 23.9 Å². The van der Waals surface area contributed by atoms with E-state index in [-0.39, 0.29) is 35.9 Å². The van der Waals surface area contributed by atoms with Gasteiger partial charge in [-0.25, -0.2) is 9.18 Å². The molecule has 28 heavy (non-hydrogen) atoms. The molecule has 0 radical (unpaired) electrons. The number of aromatic carboxylic acids is 1. The Morgan fingerprint density at radius 2 is 1.86 bits per heavy atom. The predicted octanol–water partition coefficient (Wildman–Crippen LogP) is 2.72. The normalized spacial score (nSPS) is 16.3. The van der Waals surface area contributed by atoms with E-state index in [1.165, 1.54) is 21.9 Å². The summed E-state index contributed by atoms with van der Waals surface area (Å²) in [7, 11) is 1.55. The number of amides is 2. The van der Waals surface area contributed by atoms with E-state index in [9.17, 15) is 23.9 Å². The number of anilines is 1. The first-order valence-electron chi connectivity index (χ1n) is 9.03. The number of carbonyl (C=O) groups is 3. The van der Waals surface area contributed by atoms with Crippen LogP contribution in [0.15, 0.2) is 48.5 Å². The average molecular weight is 384 g/mol. The highest BCUT2D eigenvalue weighted by molar-refractivity contribution is 6.01. The van der Waals surface area contributed by atoms with E-state index in [1.54, 1.807) is 43.4 Å². The zero-order chi connectivity index (χ0) is 20.3. The summed E-state index contributed by atoms with van der Waals surface area (Å²) in [5.41, 5.74) is 0.953. The van der Waals surface area contributed by atoms with Crippen LogP contribution < -0.4 is 4.90 Å². The van der Waals surface area contributed by atoms with Crippen molar-refractivity contribution >= 4 is 23.5 Å². The zero-order valence-electron chi connectivity index (χ0n) is 15.5. The summed E-state index contributed by atoms with van der Waals surface area (Å²) >= 11 is 0. The van der Waals surface area contributed by atoms with Crippen molar-refractivity contribution in [1.82, 2.24) is 4.90 Å². The van der Waals surface area contributed by atoms with Gasteiger partial charge in [-0.1, -0.05) is 30.3 Å². The Morgan fingerprint density at radius 3 is 2.57 bits per heavy atom. The quantitative estimate of drug-likeness (QED) is 0.831. The standard InChI is InChI=1S/C21H21FN2O4/c1-23(19(25)11-10-14-6-2-3-7-15(14)21(27)28)18-12-13-24(20(18)26)17-9-5-4-8-16(17)22/h2-9,18H,10-13H2,1H3,(H,27,28). The minimum absolute atomic E-state index is 0.0876. The fourth-order valence-electron chi connectivity index (χ4n) is 3.47. The third-order valence-electron chi connectivity index (χ3n) is 5.04. The van der Waals surface area contributed by atoms with Crippen molar-refractivity contribution in [1.29, 1.82) is 0 Å². The molecule has 2 amide bonds. The highest BCUT2D eigenvalue weighted by Gasteiger charge is 2.37. The van der Waals surface area contributed by atoms with Gasteiger partial charge in [-0.05, 0) is 36.6 Å². The number of halogens is 1. The number of carboxylic acid groups (broad SMARTS) is 1. The van der Waals surface area contributed by atoms with Crippen LogP contribution in [0.3, 0.4) is 0 Å². The van der Waals surface area contributed by atoms with Crippen molar-refractivity contribution in [3.63, 3.8) is 0 Å². The van der Waals surface area contributed by atoms with Crippen molar-refractivity contribution in [2.75, 3.05) is 18.5 Å². The topological polar surface area (TPSA) is 77.9 Å². The Kier molecular flexibility index (Phi) is 5.73. The molecule has 1 aliphatic heterocycles. The highest BCUT2D eigenvalue weighted by atomic mass is 19.1. The minimum atomic E-state index is -1.04. The number of aryl methyl sites for hydroxylation is 1. The molecule has 1 heterocycles. The molecular weight excluding hydrogens is 363 g/mol. The number of hydrogen-bond acceptors (Lipinski definition) is 3. The second-order valence-corrected chi connectivity index (χ2v) is 6.71. The lowest BCUT2D eigenvalue weighted by Crippen LogP contribution is -2.43. The molecule has 146 valence electrons. The lowest BCUT2D eigenvalue weighted by atomic mass is 10.0. The summed E-state index contributed by atoms with van der Waals surface area (Å²) in [6.45, 7) is 0.337. The predicted molar refractivity (Wildman–Crippen MR) is 102 cm³/mol. The number of rotatable bonds is 6. The average Bonchev–Trinajstić information content (AvgIpc) is 3.07. The number of benzene rings is 2. The third-order valence-corrected chi connectivity index (χ3v) is 5.04. The van der Waals surface area contributed by atoms with E-state index in [0.29, 0.717) is 18.5 Å². The Morgan fingerprint density at radius 1 is 1.18 bits per heavy atom. The van der Waals surface area contributed by atoms with Crippen LogP contribution in [-0.4, -0.2) is 47.4 Å². The van der Waals surface area contributed by atoms with Gasteiger partial charge in [0.25, 0.3) is 0 Å². The first-order valence-corrected chi connectivity index (χ1v) is 9.03. The highest BCUT2D eigenvalue weighted by Crippen LogP contribution is 2.26. The van der Waals surface area contributed by atoms with Gasteiger partial charge in [0.15, 0.2) is 0 Å². The van der Waals surface area contributed by atoms with Crippen LogP contribution in [0, 0.1) is 5.82 Å². The van der Waals surface area contributed by atoms with Crippen LogP contribution in [0.25, 0.3) is 0 Å². The van der Waals surface area contributed by atoms with Gasteiger partial charge in [0.05, 0.1) is 11.3 Å². The fourth-order valence-corrected chi connectivity index (χ4v) is 3.47. The van der Waals surface area contributed by atoms with Gasteiger partial charge in [0.1, 0.15) is 11.9 Å². The molecule has 1 fully saturated rings. The summed E-state index contributed by atoms with van der Waals surface area (Å²) in [6.07, 6.45) is 0.773. The van der Waals surface area contributed by atoms with E-state index in [0.717, 1.165) is 0 Å². The molecule has 0 bridgehead atoms. The molecule has 1 N–H and O–H groups in total. The summed E-state index contributed by atoms with van der Waals surface area (Å²) in [4.78, 5) is 39.3. The van der Waals surface area contributed by atoms with Gasteiger partial charge in [-0.3, -0.25) is 9.59 Å². The molecule has 3 rings (SSSR count). The number of carbonyl (C=O) groups excluding carboxylic acids is 2. The molecule has 0 saturated carbocycles. The van der Waals surface area contributed by atoms with E-state index < -0.39 is 17.8 Å². The molecule has 2 aromatic carbocycles. The molecule has 6 nitrogen and oxygen atoms in total. The monoisotopic (exact) mass is 384 g/mol. The van der Waals surface area contributed by atoms with Crippen molar-refractivity contribution in [3.8, 4) is 0 Å². The number of carboxylic acids is 1. The van der Waals surface area contributed by atoms with Crippen LogP contribution in [-0.2, 0) is 16.0 Å². The maximum Gasteiger partial charge on any atom is 0.335 e. The van der Waals surface area contributed by atoms with E-state index in [4.69, 9.17) is 0 Å². The van der Waals surface area contributed by atoms with Gasteiger partial charge < -0.3 is 14.9 Å². The summed E-state index contributed by atoms with van der Waals surface area (Å²) in [5, 5.41) is 9.23. The number of para-hydroxylation sites is 1. The molecule has 0 spiro atoms. The maximum absolute atomic E-state index is 14.0. The molecule has 1 unspecified atom stereocenters. The van der Waals surface area contributed by atoms with Crippen LogP contribution in [0.4, 0.5) is 10.1 Å². The first kappa shape index (κ1) is 19.5. The summed E-state index contributed by atoms with van der Waals surface area (Å²) < 4.78 is 14.0. The molecule has 1 atom stereocenters. The Hall–Kier alpha value is -3.22. The van der Waals surface area contributed by atoms with Crippen molar-refractivity contribution in [3.05, 3.63) is 65.5 Å². The van der Waals surface area contributed by atoms with Crippen LogP contribution in [0.1, 0.15) is 28.8 Å². The van der Waals surface area contributed by atoms with Crippen LogP contribution >= 0.6 is 0 Å². The molecule has 1 saturated heterocycles. The Labute approximate surface area is 162 Å². The van der Waals surface area contributed by atoms with Gasteiger partial charge in [-0.15, -0.1) is 0 Å². The largest absolute Gasteiger partial charge is 0.478 e. The van der Waals surface area contributed by atoms with Crippen molar-refractivity contribution in [2.45, 2.75) is 25.3 Å².